The van der Waals surface area contributed by atoms with Crippen LogP contribution in [0.2, 0.25) is 0 Å². The normalized spacial score (nSPS) is 14.5. The molecule has 0 atom stereocenters. The van der Waals surface area contributed by atoms with E-state index in [1.807, 2.05) is 19.1 Å². The van der Waals surface area contributed by atoms with Crippen LogP contribution in [0.5, 0.6) is 0 Å². The fraction of sp³-hybridized carbons (Fsp3) is 0.348. The lowest BCUT2D eigenvalue weighted by molar-refractivity contribution is -0.137. The van der Waals surface area contributed by atoms with Crippen LogP contribution in [0.4, 0.5) is 19.1 Å². The number of alkyl halides is 3. The largest absolute Gasteiger partial charge is 0.419 e. The first-order chi connectivity index (χ1) is 15.6. The van der Waals surface area contributed by atoms with Crippen molar-refractivity contribution in [2.24, 2.45) is 5.73 Å². The Morgan fingerprint density at radius 2 is 1.88 bits per heavy atom. The SMILES string of the molecule is Cc1noc(C)c1-c1ccc2c(-c3nc(N)ncc3C(F)(F)F)c[nH]c2c1.NC1CCCC1. The highest BCUT2D eigenvalue weighted by molar-refractivity contribution is 5.97. The third-order valence-corrected chi connectivity index (χ3v) is 5.77. The molecule has 1 saturated carbocycles. The van der Waals surface area contributed by atoms with Crippen molar-refractivity contribution in [1.82, 2.24) is 20.1 Å². The van der Waals surface area contributed by atoms with Crippen LogP contribution in [0.25, 0.3) is 33.3 Å². The Hall–Kier alpha value is -3.40. The molecular formula is C23H25F3N6O. The minimum Gasteiger partial charge on any atom is -0.368 e. The van der Waals surface area contributed by atoms with Gasteiger partial charge in [0.25, 0.3) is 0 Å². The van der Waals surface area contributed by atoms with Gasteiger partial charge in [0.2, 0.25) is 5.95 Å². The molecule has 1 fully saturated rings. The van der Waals surface area contributed by atoms with Gasteiger partial charge >= 0.3 is 6.18 Å². The molecule has 0 amide bonds. The van der Waals surface area contributed by atoms with E-state index in [0.29, 0.717) is 34.5 Å². The molecule has 7 nitrogen and oxygen atoms in total. The third-order valence-electron chi connectivity index (χ3n) is 5.77. The molecule has 0 spiro atoms. The second kappa shape index (κ2) is 8.86. The predicted molar refractivity (Wildman–Crippen MR) is 120 cm³/mol. The molecule has 5 rings (SSSR count). The van der Waals surface area contributed by atoms with Crippen LogP contribution in [0.15, 0.2) is 35.1 Å². The molecule has 0 bridgehead atoms. The van der Waals surface area contributed by atoms with Crippen LogP contribution in [0, 0.1) is 13.8 Å². The summed E-state index contributed by atoms with van der Waals surface area (Å²) in [6.45, 7) is 3.63. The van der Waals surface area contributed by atoms with Crippen molar-refractivity contribution < 1.29 is 17.7 Å². The third kappa shape index (κ3) is 4.70. The summed E-state index contributed by atoms with van der Waals surface area (Å²) in [5.74, 6) is 0.446. The van der Waals surface area contributed by atoms with Crippen LogP contribution in [-0.4, -0.2) is 26.2 Å². The van der Waals surface area contributed by atoms with E-state index < -0.39 is 11.7 Å². The first kappa shape index (κ1) is 22.8. The van der Waals surface area contributed by atoms with E-state index >= 15 is 0 Å². The smallest absolute Gasteiger partial charge is 0.368 e. The van der Waals surface area contributed by atoms with Crippen molar-refractivity contribution in [1.29, 1.82) is 0 Å². The van der Waals surface area contributed by atoms with Crippen LogP contribution in [-0.2, 0) is 6.18 Å². The quantitative estimate of drug-likeness (QED) is 0.371. The highest BCUT2D eigenvalue weighted by atomic mass is 19.4. The number of aromatic nitrogens is 4. The Bertz CT molecular complexity index is 1250. The van der Waals surface area contributed by atoms with Crippen molar-refractivity contribution in [3.8, 4) is 22.4 Å². The number of nitrogens with two attached hydrogens (primary N) is 2. The summed E-state index contributed by atoms with van der Waals surface area (Å²) >= 11 is 0. The van der Waals surface area contributed by atoms with E-state index in [9.17, 15) is 13.2 Å². The van der Waals surface area contributed by atoms with Crippen LogP contribution in [0.1, 0.15) is 42.7 Å². The average Bonchev–Trinajstić information content (AvgIpc) is 3.47. The summed E-state index contributed by atoms with van der Waals surface area (Å²) in [5, 5.41) is 4.52. The lowest BCUT2D eigenvalue weighted by Gasteiger charge is -2.11. The molecule has 5 N–H and O–H groups in total. The van der Waals surface area contributed by atoms with E-state index in [1.165, 1.54) is 31.9 Å². The number of halogens is 3. The van der Waals surface area contributed by atoms with Crippen molar-refractivity contribution in [2.45, 2.75) is 51.7 Å². The number of fused-ring (bicyclic) bond motifs is 1. The van der Waals surface area contributed by atoms with E-state index in [-0.39, 0.29) is 11.6 Å². The Morgan fingerprint density at radius 1 is 1.15 bits per heavy atom. The van der Waals surface area contributed by atoms with E-state index in [2.05, 4.69) is 20.1 Å². The molecule has 0 aliphatic heterocycles. The molecule has 0 radical (unpaired) electrons. The maximum Gasteiger partial charge on any atom is 0.419 e. The summed E-state index contributed by atoms with van der Waals surface area (Å²) in [5.41, 5.74) is 13.3. The number of H-pyrrole nitrogens is 1. The fourth-order valence-electron chi connectivity index (χ4n) is 4.14. The van der Waals surface area contributed by atoms with Gasteiger partial charge in [0.05, 0.1) is 11.4 Å². The highest BCUT2D eigenvalue weighted by Crippen LogP contribution is 2.39. The van der Waals surface area contributed by atoms with Crippen molar-refractivity contribution in [3.63, 3.8) is 0 Å². The van der Waals surface area contributed by atoms with Gasteiger partial charge < -0.3 is 21.0 Å². The van der Waals surface area contributed by atoms with Gasteiger partial charge in [0.15, 0.2) is 0 Å². The summed E-state index contributed by atoms with van der Waals surface area (Å²) in [6.07, 6.45) is 2.85. The summed E-state index contributed by atoms with van der Waals surface area (Å²) < 4.78 is 45.3. The van der Waals surface area contributed by atoms with Gasteiger partial charge in [-0.25, -0.2) is 9.97 Å². The lowest BCUT2D eigenvalue weighted by atomic mass is 10.0. The van der Waals surface area contributed by atoms with Gasteiger partial charge in [-0.2, -0.15) is 13.2 Å². The molecule has 1 aliphatic carbocycles. The average molecular weight is 458 g/mol. The second-order valence-corrected chi connectivity index (χ2v) is 8.19. The van der Waals surface area contributed by atoms with Gasteiger partial charge in [-0.05, 0) is 38.3 Å². The van der Waals surface area contributed by atoms with Crippen LogP contribution in [0.3, 0.4) is 0 Å². The number of aromatic amines is 1. The van der Waals surface area contributed by atoms with E-state index in [1.54, 1.807) is 13.0 Å². The maximum atomic E-state index is 13.4. The Labute approximate surface area is 188 Å². The number of nitrogens with one attached hydrogen (secondary N) is 1. The predicted octanol–water partition coefficient (Wildman–Crippen LogP) is 5.39. The van der Waals surface area contributed by atoms with Crippen molar-refractivity contribution in [3.05, 3.63) is 47.6 Å². The summed E-state index contributed by atoms with van der Waals surface area (Å²) in [7, 11) is 0. The molecule has 3 heterocycles. The highest BCUT2D eigenvalue weighted by Gasteiger charge is 2.36. The zero-order valence-electron chi connectivity index (χ0n) is 18.3. The first-order valence-corrected chi connectivity index (χ1v) is 10.6. The molecule has 174 valence electrons. The van der Waals surface area contributed by atoms with Crippen LogP contribution < -0.4 is 11.5 Å². The van der Waals surface area contributed by atoms with Gasteiger partial charge in [-0.3, -0.25) is 0 Å². The Morgan fingerprint density at radius 3 is 2.45 bits per heavy atom. The monoisotopic (exact) mass is 458 g/mol. The zero-order chi connectivity index (χ0) is 23.8. The molecule has 4 aromatic rings. The topological polar surface area (TPSA) is 120 Å². The summed E-state index contributed by atoms with van der Waals surface area (Å²) in [4.78, 5) is 10.3. The number of nitrogen functional groups attached to an aromatic ring is 1. The second-order valence-electron chi connectivity index (χ2n) is 8.19. The number of rotatable bonds is 2. The van der Waals surface area contributed by atoms with Gasteiger partial charge in [-0.15, -0.1) is 0 Å². The zero-order valence-corrected chi connectivity index (χ0v) is 18.3. The molecule has 1 aromatic carbocycles. The molecular weight excluding hydrogens is 433 g/mol. The number of hydrogen-bond donors (Lipinski definition) is 3. The number of benzene rings is 1. The fourth-order valence-corrected chi connectivity index (χ4v) is 4.14. The lowest BCUT2D eigenvalue weighted by Crippen LogP contribution is -2.13. The standard InChI is InChI=1S/C18H14F3N5O.C5H11N/c1-8-15(9(2)27-26-8)10-3-4-11-12(6-23-14(11)5-10)16-13(18(19,20)21)7-24-17(22)25-16;6-5-3-1-2-4-5/h3-7,23H,1-2H3,(H2,22,24,25);5H,1-4,6H2. The Balaban J connectivity index is 0.000000376. The molecule has 1 aliphatic rings. The molecule has 33 heavy (non-hydrogen) atoms. The van der Waals surface area contributed by atoms with E-state index in [4.69, 9.17) is 16.0 Å². The molecule has 0 unspecified atom stereocenters. The molecule has 10 heteroatoms. The molecule has 3 aromatic heterocycles. The maximum absolute atomic E-state index is 13.4. The number of nitrogens with zero attached hydrogens (tertiary/aromatic N) is 3. The van der Waals surface area contributed by atoms with Gasteiger partial charge in [0.1, 0.15) is 11.3 Å². The van der Waals surface area contributed by atoms with E-state index in [0.717, 1.165) is 16.8 Å². The van der Waals surface area contributed by atoms with Gasteiger partial charge in [-0.1, -0.05) is 30.1 Å². The first-order valence-electron chi connectivity index (χ1n) is 10.6. The van der Waals surface area contributed by atoms with Crippen molar-refractivity contribution in [2.75, 3.05) is 5.73 Å². The van der Waals surface area contributed by atoms with Gasteiger partial charge in [0, 0.05) is 40.5 Å². The number of aryl methyl sites for hydroxylation is 2. The summed E-state index contributed by atoms with van der Waals surface area (Å²) in [6, 6.07) is 5.93. The minimum atomic E-state index is -4.59. The minimum absolute atomic E-state index is 0.223. The van der Waals surface area contributed by atoms with Crippen molar-refractivity contribution >= 4 is 16.9 Å². The molecule has 0 saturated heterocycles. The van der Waals surface area contributed by atoms with Crippen LogP contribution >= 0.6 is 0 Å². The number of hydrogen-bond acceptors (Lipinski definition) is 6. The Kier molecular flexibility index (Phi) is 6.11. The number of anilines is 1.